The van der Waals surface area contributed by atoms with E-state index in [9.17, 15) is 0 Å². The van der Waals surface area contributed by atoms with E-state index in [1.54, 1.807) is 11.3 Å². The minimum atomic E-state index is -0.272. The van der Waals surface area contributed by atoms with Crippen molar-refractivity contribution in [3.63, 3.8) is 0 Å². The van der Waals surface area contributed by atoms with Gasteiger partial charge in [-0.15, -0.1) is 0 Å². The predicted octanol–water partition coefficient (Wildman–Crippen LogP) is 5.17. The molecule has 0 spiro atoms. The highest BCUT2D eigenvalue weighted by molar-refractivity contribution is 7.08. The number of hydrogen-bond donors (Lipinski definition) is 0. The summed E-state index contributed by atoms with van der Waals surface area (Å²) in [6, 6.07) is 12.8. The van der Waals surface area contributed by atoms with Crippen LogP contribution in [0.4, 0.5) is 11.4 Å². The Morgan fingerprint density at radius 3 is 2.79 bits per heavy atom. The fourth-order valence-electron chi connectivity index (χ4n) is 4.09. The Bertz CT molecular complexity index is 1210. The van der Waals surface area contributed by atoms with Crippen LogP contribution in [0.5, 0.6) is 11.5 Å². The topological polar surface area (TPSA) is 47.5 Å². The van der Waals surface area contributed by atoms with Gasteiger partial charge in [0.2, 0.25) is 6.29 Å². The average molecular weight is 387 g/mol. The summed E-state index contributed by atoms with van der Waals surface area (Å²) in [5, 5.41) is 13.9. The Balaban J connectivity index is 1.45. The minimum Gasteiger partial charge on any atom is -0.451 e. The molecular weight excluding hydrogens is 370 g/mol. The minimum absolute atomic E-state index is 0.272. The maximum atomic E-state index is 5.77. The Hall–Kier alpha value is -3.12. The summed E-state index contributed by atoms with van der Waals surface area (Å²) in [4.78, 5) is 2.33. The van der Waals surface area contributed by atoms with Gasteiger partial charge in [0.25, 0.3) is 0 Å². The van der Waals surface area contributed by atoms with Crippen LogP contribution >= 0.6 is 11.3 Å². The standard InChI is InChI=1S/C22H17N3O2S/c1-13-26-21-9-17-18(10-22(21)27-13)24-23-11-20(17)25-6-4-15-8-14(2-3-19(15)25)16-5-7-28-12-16/h2-3,5,7-13H,4,6H2,1H3. The molecule has 1 unspecified atom stereocenters. The van der Waals surface area contributed by atoms with E-state index >= 15 is 0 Å². The zero-order valence-electron chi connectivity index (χ0n) is 15.3. The van der Waals surface area contributed by atoms with Crippen LogP contribution in [0.2, 0.25) is 0 Å². The number of aromatic nitrogens is 2. The molecule has 0 fully saturated rings. The molecule has 4 heterocycles. The van der Waals surface area contributed by atoms with Gasteiger partial charge in [-0.2, -0.15) is 21.5 Å². The second kappa shape index (κ2) is 5.94. The van der Waals surface area contributed by atoms with Crippen molar-refractivity contribution in [2.45, 2.75) is 19.6 Å². The maximum Gasteiger partial charge on any atom is 0.238 e. The Morgan fingerprint density at radius 1 is 1.04 bits per heavy atom. The van der Waals surface area contributed by atoms with Crippen molar-refractivity contribution in [2.75, 3.05) is 11.4 Å². The molecule has 0 saturated heterocycles. The van der Waals surface area contributed by atoms with Crippen LogP contribution in [0, 0.1) is 0 Å². The zero-order chi connectivity index (χ0) is 18.7. The molecule has 6 heteroatoms. The molecular formula is C22H17N3O2S. The summed E-state index contributed by atoms with van der Waals surface area (Å²) in [7, 11) is 0. The van der Waals surface area contributed by atoms with Crippen LogP contribution in [-0.4, -0.2) is 23.0 Å². The first-order valence-electron chi connectivity index (χ1n) is 9.32. The lowest BCUT2D eigenvalue weighted by atomic mass is 10.0. The van der Waals surface area contributed by atoms with Gasteiger partial charge in [0.1, 0.15) is 0 Å². The van der Waals surface area contributed by atoms with Crippen LogP contribution < -0.4 is 14.4 Å². The summed E-state index contributed by atoms with van der Waals surface area (Å²) in [5.74, 6) is 1.50. The molecule has 0 bridgehead atoms. The summed E-state index contributed by atoms with van der Waals surface area (Å²) in [5.41, 5.74) is 7.03. The molecule has 0 saturated carbocycles. The van der Waals surface area contributed by atoms with Gasteiger partial charge >= 0.3 is 0 Å². The summed E-state index contributed by atoms with van der Waals surface area (Å²) in [6.45, 7) is 2.81. The normalized spacial score (nSPS) is 17.3. The van der Waals surface area contributed by atoms with E-state index in [-0.39, 0.29) is 6.29 Å². The summed E-state index contributed by atoms with van der Waals surface area (Å²) >= 11 is 1.73. The van der Waals surface area contributed by atoms with Crippen molar-refractivity contribution < 1.29 is 9.47 Å². The van der Waals surface area contributed by atoms with Gasteiger partial charge in [-0.25, -0.2) is 0 Å². The third kappa shape index (κ3) is 2.38. The molecule has 1 atom stereocenters. The first kappa shape index (κ1) is 15.9. The molecule has 0 amide bonds. The van der Waals surface area contributed by atoms with Crippen LogP contribution in [0.25, 0.3) is 22.0 Å². The smallest absolute Gasteiger partial charge is 0.238 e. The number of hydrogen-bond acceptors (Lipinski definition) is 6. The van der Waals surface area contributed by atoms with E-state index < -0.39 is 0 Å². The highest BCUT2D eigenvalue weighted by Gasteiger charge is 2.26. The zero-order valence-corrected chi connectivity index (χ0v) is 16.1. The molecule has 0 aliphatic carbocycles. The van der Waals surface area contributed by atoms with Crippen molar-refractivity contribution in [3.8, 4) is 22.6 Å². The van der Waals surface area contributed by atoms with Crippen molar-refractivity contribution >= 4 is 33.6 Å². The second-order valence-corrected chi connectivity index (χ2v) is 7.89. The van der Waals surface area contributed by atoms with Crippen molar-refractivity contribution in [1.82, 2.24) is 10.2 Å². The largest absolute Gasteiger partial charge is 0.451 e. The molecule has 2 aliphatic rings. The van der Waals surface area contributed by atoms with E-state index in [0.717, 1.165) is 41.1 Å². The lowest BCUT2D eigenvalue weighted by Crippen LogP contribution is -2.14. The fraction of sp³-hybridized carbons (Fsp3) is 0.182. The third-order valence-electron chi connectivity index (χ3n) is 5.39. The molecule has 2 aromatic heterocycles. The first-order valence-corrected chi connectivity index (χ1v) is 10.3. The molecule has 28 heavy (non-hydrogen) atoms. The number of fused-ring (bicyclic) bond motifs is 3. The fourth-order valence-corrected chi connectivity index (χ4v) is 4.76. The Morgan fingerprint density at radius 2 is 1.93 bits per heavy atom. The molecule has 2 aliphatic heterocycles. The predicted molar refractivity (Wildman–Crippen MR) is 111 cm³/mol. The molecule has 4 aromatic rings. The van der Waals surface area contributed by atoms with Gasteiger partial charge in [0.15, 0.2) is 11.5 Å². The number of benzene rings is 2. The van der Waals surface area contributed by atoms with E-state index in [4.69, 9.17) is 9.47 Å². The van der Waals surface area contributed by atoms with Crippen molar-refractivity contribution in [1.29, 1.82) is 0 Å². The number of anilines is 2. The number of rotatable bonds is 2. The number of nitrogens with zero attached hydrogens (tertiary/aromatic N) is 3. The van der Waals surface area contributed by atoms with Crippen molar-refractivity contribution in [2.24, 2.45) is 0 Å². The van der Waals surface area contributed by atoms with Gasteiger partial charge in [0.05, 0.1) is 17.4 Å². The van der Waals surface area contributed by atoms with Crippen LogP contribution in [0.3, 0.4) is 0 Å². The second-order valence-electron chi connectivity index (χ2n) is 7.11. The SMILES string of the molecule is CC1Oc2cc3nncc(N4CCc5cc(-c6ccsc6)ccc54)c3cc2O1. The van der Waals surface area contributed by atoms with Gasteiger partial charge in [-0.3, -0.25) is 0 Å². The summed E-state index contributed by atoms with van der Waals surface area (Å²) < 4.78 is 11.5. The number of thiophene rings is 1. The summed E-state index contributed by atoms with van der Waals surface area (Å²) in [6.07, 6.45) is 2.58. The van der Waals surface area contributed by atoms with E-state index in [2.05, 4.69) is 50.1 Å². The highest BCUT2D eigenvalue weighted by atomic mass is 32.1. The Kier molecular flexibility index (Phi) is 3.37. The van der Waals surface area contributed by atoms with E-state index in [1.165, 1.54) is 22.4 Å². The molecule has 0 radical (unpaired) electrons. The first-order chi connectivity index (χ1) is 13.8. The lowest BCUT2D eigenvalue weighted by molar-refractivity contribution is 0.0679. The highest BCUT2D eigenvalue weighted by Crippen LogP contribution is 2.43. The molecule has 5 nitrogen and oxygen atoms in total. The van der Waals surface area contributed by atoms with Crippen molar-refractivity contribution in [3.05, 3.63) is 58.9 Å². The maximum absolute atomic E-state index is 5.77. The quantitative estimate of drug-likeness (QED) is 0.475. The van der Waals surface area contributed by atoms with Crippen LogP contribution in [0.1, 0.15) is 12.5 Å². The average Bonchev–Trinajstić information content (AvgIpc) is 3.44. The molecule has 6 rings (SSSR count). The molecule has 0 N–H and O–H groups in total. The molecule has 138 valence electrons. The van der Waals surface area contributed by atoms with Crippen LogP contribution in [-0.2, 0) is 6.42 Å². The van der Waals surface area contributed by atoms with Gasteiger partial charge in [-0.1, -0.05) is 6.07 Å². The van der Waals surface area contributed by atoms with E-state index in [1.807, 2.05) is 25.3 Å². The van der Waals surface area contributed by atoms with E-state index in [0.29, 0.717) is 0 Å². The number of ether oxygens (including phenoxy) is 2. The third-order valence-corrected chi connectivity index (χ3v) is 6.07. The van der Waals surface area contributed by atoms with Gasteiger partial charge in [-0.05, 0) is 58.1 Å². The Labute approximate surface area is 166 Å². The van der Waals surface area contributed by atoms with Crippen LogP contribution in [0.15, 0.2) is 53.4 Å². The lowest BCUT2D eigenvalue weighted by Gasteiger charge is -2.21. The van der Waals surface area contributed by atoms with Gasteiger partial charge in [0, 0.05) is 30.6 Å². The monoisotopic (exact) mass is 387 g/mol. The van der Waals surface area contributed by atoms with Gasteiger partial charge < -0.3 is 14.4 Å². The molecule has 2 aromatic carbocycles.